The van der Waals surface area contributed by atoms with E-state index in [9.17, 15) is 0 Å². The van der Waals surface area contributed by atoms with Gasteiger partial charge >= 0.3 is 0 Å². The third-order valence-electron chi connectivity index (χ3n) is 4.38. The van der Waals surface area contributed by atoms with E-state index in [0.29, 0.717) is 0 Å². The summed E-state index contributed by atoms with van der Waals surface area (Å²) in [5, 5.41) is 3.44. The van der Waals surface area contributed by atoms with Gasteiger partial charge in [0.25, 0.3) is 0 Å². The average Bonchev–Trinajstić information content (AvgIpc) is 2.92. The zero-order chi connectivity index (χ0) is 13.8. The molecule has 0 radical (unpaired) electrons. The van der Waals surface area contributed by atoms with Crippen molar-refractivity contribution in [3.05, 3.63) is 23.3 Å². The lowest BCUT2D eigenvalue weighted by Crippen LogP contribution is -2.22. The van der Waals surface area contributed by atoms with E-state index < -0.39 is 0 Å². The Kier molecular flexibility index (Phi) is 4.70. The number of hydrogen-bond donors (Lipinski definition) is 1. The highest BCUT2D eigenvalue weighted by Gasteiger charge is 2.16. The zero-order valence-electron chi connectivity index (χ0n) is 12.6. The molecule has 0 aliphatic carbocycles. The first-order valence-corrected chi connectivity index (χ1v) is 7.19. The lowest BCUT2D eigenvalue weighted by Gasteiger charge is -2.24. The second kappa shape index (κ2) is 6.29. The lowest BCUT2D eigenvalue weighted by atomic mass is 10.0. The number of nitrogens with zero attached hydrogens (tertiary/aromatic N) is 1. The van der Waals surface area contributed by atoms with Crippen molar-refractivity contribution >= 4 is 5.69 Å². The molecule has 106 valence electrons. The minimum absolute atomic E-state index is 0.849. The minimum Gasteiger partial charge on any atom is -0.496 e. The molecule has 1 aromatic carbocycles. The fourth-order valence-corrected chi connectivity index (χ4v) is 2.87. The number of rotatable bonds is 5. The Morgan fingerprint density at radius 2 is 2.11 bits per heavy atom. The first-order chi connectivity index (χ1) is 9.13. The number of anilines is 1. The van der Waals surface area contributed by atoms with E-state index in [-0.39, 0.29) is 0 Å². The first-order valence-electron chi connectivity index (χ1n) is 7.19. The highest BCUT2D eigenvalue weighted by atomic mass is 16.5. The van der Waals surface area contributed by atoms with Crippen molar-refractivity contribution in [2.75, 3.05) is 38.7 Å². The van der Waals surface area contributed by atoms with Crippen LogP contribution >= 0.6 is 0 Å². The summed E-state index contributed by atoms with van der Waals surface area (Å²) in [6, 6.07) is 4.25. The molecule has 19 heavy (non-hydrogen) atoms. The summed E-state index contributed by atoms with van der Waals surface area (Å²) in [4.78, 5) is 2.38. The van der Waals surface area contributed by atoms with Crippen LogP contribution < -0.4 is 15.0 Å². The van der Waals surface area contributed by atoms with Crippen molar-refractivity contribution < 1.29 is 4.74 Å². The third-order valence-corrected chi connectivity index (χ3v) is 4.38. The molecule has 1 unspecified atom stereocenters. The number of hydrogen-bond acceptors (Lipinski definition) is 3. The summed E-state index contributed by atoms with van der Waals surface area (Å²) >= 11 is 0. The molecular weight excluding hydrogens is 236 g/mol. The van der Waals surface area contributed by atoms with Crippen molar-refractivity contribution in [1.82, 2.24) is 5.32 Å². The molecule has 1 aromatic rings. The summed E-state index contributed by atoms with van der Waals surface area (Å²) in [6.07, 6.45) is 2.60. The van der Waals surface area contributed by atoms with Gasteiger partial charge in [0, 0.05) is 19.3 Å². The molecule has 3 heteroatoms. The standard InChI is InChI=1S/C16H26N2O/c1-12-13(2)16(19-4)6-5-15(12)18(3)10-8-14-7-9-17-11-14/h5-6,14,17H,7-11H2,1-4H3. The maximum absolute atomic E-state index is 5.38. The topological polar surface area (TPSA) is 24.5 Å². The number of ether oxygens (including phenoxy) is 1. The molecule has 1 N–H and O–H groups in total. The first kappa shape index (κ1) is 14.2. The van der Waals surface area contributed by atoms with E-state index in [1.165, 1.54) is 42.7 Å². The van der Waals surface area contributed by atoms with Crippen LogP contribution in [0.5, 0.6) is 5.75 Å². The summed E-state index contributed by atoms with van der Waals surface area (Å²) < 4.78 is 5.38. The molecule has 0 saturated carbocycles. The van der Waals surface area contributed by atoms with Crippen molar-refractivity contribution in [2.45, 2.75) is 26.7 Å². The number of nitrogens with one attached hydrogen (secondary N) is 1. The van der Waals surface area contributed by atoms with E-state index >= 15 is 0 Å². The second-order valence-corrected chi connectivity index (χ2v) is 5.61. The SMILES string of the molecule is COc1ccc(N(C)CCC2CCNC2)c(C)c1C. The second-order valence-electron chi connectivity index (χ2n) is 5.61. The van der Waals surface area contributed by atoms with Crippen LogP contribution in [-0.4, -0.2) is 33.8 Å². The van der Waals surface area contributed by atoms with Crippen LogP contribution in [0.25, 0.3) is 0 Å². The molecule has 0 amide bonds. The Morgan fingerprint density at radius 3 is 2.74 bits per heavy atom. The van der Waals surface area contributed by atoms with Crippen molar-refractivity contribution in [3.8, 4) is 5.75 Å². The van der Waals surface area contributed by atoms with Gasteiger partial charge in [-0.3, -0.25) is 0 Å². The highest BCUT2D eigenvalue weighted by molar-refractivity contribution is 5.59. The molecule has 1 saturated heterocycles. The Bertz CT molecular complexity index is 425. The Balaban J connectivity index is 2.01. The molecular formula is C16H26N2O. The highest BCUT2D eigenvalue weighted by Crippen LogP contribution is 2.29. The predicted molar refractivity (Wildman–Crippen MR) is 81.3 cm³/mol. The van der Waals surface area contributed by atoms with Crippen LogP contribution in [0.4, 0.5) is 5.69 Å². The largest absolute Gasteiger partial charge is 0.496 e. The molecule has 2 rings (SSSR count). The van der Waals surface area contributed by atoms with Crippen LogP contribution in [0.3, 0.4) is 0 Å². The predicted octanol–water partition coefficient (Wildman–Crippen LogP) is 2.75. The average molecular weight is 262 g/mol. The molecule has 1 heterocycles. The molecule has 0 spiro atoms. The van der Waals surface area contributed by atoms with Gasteiger partial charge in [-0.15, -0.1) is 0 Å². The van der Waals surface area contributed by atoms with Gasteiger partial charge in [-0.1, -0.05) is 0 Å². The van der Waals surface area contributed by atoms with Gasteiger partial charge in [0.05, 0.1) is 7.11 Å². The Hall–Kier alpha value is -1.22. The van der Waals surface area contributed by atoms with Gasteiger partial charge < -0.3 is 15.0 Å². The smallest absolute Gasteiger partial charge is 0.122 e. The van der Waals surface area contributed by atoms with Gasteiger partial charge in [0.15, 0.2) is 0 Å². The maximum atomic E-state index is 5.38. The van der Waals surface area contributed by atoms with E-state index in [0.717, 1.165) is 18.2 Å². The van der Waals surface area contributed by atoms with E-state index in [1.54, 1.807) is 7.11 Å². The van der Waals surface area contributed by atoms with E-state index in [4.69, 9.17) is 4.74 Å². The van der Waals surface area contributed by atoms with Crippen molar-refractivity contribution in [3.63, 3.8) is 0 Å². The monoisotopic (exact) mass is 262 g/mol. The van der Waals surface area contributed by atoms with Crippen molar-refractivity contribution in [2.24, 2.45) is 5.92 Å². The van der Waals surface area contributed by atoms with Crippen LogP contribution in [0.1, 0.15) is 24.0 Å². The molecule has 1 aliphatic heterocycles. The molecule has 1 aliphatic rings. The van der Waals surface area contributed by atoms with Gasteiger partial charge in [-0.2, -0.15) is 0 Å². The third kappa shape index (κ3) is 3.21. The van der Waals surface area contributed by atoms with E-state index in [2.05, 4.69) is 43.2 Å². The fraction of sp³-hybridized carbons (Fsp3) is 0.625. The molecule has 3 nitrogen and oxygen atoms in total. The summed E-state index contributed by atoms with van der Waals surface area (Å²) in [5.41, 5.74) is 3.89. The fourth-order valence-electron chi connectivity index (χ4n) is 2.87. The minimum atomic E-state index is 0.849. The van der Waals surface area contributed by atoms with Crippen LogP contribution in [0, 0.1) is 19.8 Å². The molecule has 1 atom stereocenters. The molecule has 1 fully saturated rings. The summed E-state index contributed by atoms with van der Waals surface area (Å²) in [5.74, 6) is 1.83. The van der Waals surface area contributed by atoms with Gasteiger partial charge in [-0.25, -0.2) is 0 Å². The van der Waals surface area contributed by atoms with Crippen molar-refractivity contribution in [1.29, 1.82) is 0 Å². The lowest BCUT2D eigenvalue weighted by molar-refractivity contribution is 0.411. The van der Waals surface area contributed by atoms with Crippen LogP contribution in [0.15, 0.2) is 12.1 Å². The van der Waals surface area contributed by atoms with Crippen LogP contribution in [0.2, 0.25) is 0 Å². The van der Waals surface area contributed by atoms with E-state index in [1.807, 2.05) is 0 Å². The Morgan fingerprint density at radius 1 is 1.32 bits per heavy atom. The van der Waals surface area contributed by atoms with Gasteiger partial charge in [0.2, 0.25) is 0 Å². The summed E-state index contributed by atoms with van der Waals surface area (Å²) in [6.45, 7) is 7.82. The number of benzene rings is 1. The zero-order valence-corrected chi connectivity index (χ0v) is 12.6. The van der Waals surface area contributed by atoms with Gasteiger partial charge in [0.1, 0.15) is 5.75 Å². The van der Waals surface area contributed by atoms with Crippen LogP contribution in [-0.2, 0) is 0 Å². The Labute approximate surface area is 116 Å². The quantitative estimate of drug-likeness (QED) is 0.883. The normalized spacial score (nSPS) is 18.6. The summed E-state index contributed by atoms with van der Waals surface area (Å²) in [7, 11) is 3.93. The number of methoxy groups -OCH3 is 1. The molecule has 0 aromatic heterocycles. The molecule has 0 bridgehead atoms. The van der Waals surface area contributed by atoms with Gasteiger partial charge in [-0.05, 0) is 69.0 Å². The maximum Gasteiger partial charge on any atom is 0.122 e.